The van der Waals surface area contributed by atoms with Gasteiger partial charge in [0.1, 0.15) is 17.9 Å². The first-order valence-corrected chi connectivity index (χ1v) is 10.2. The van der Waals surface area contributed by atoms with Crippen molar-refractivity contribution in [2.75, 3.05) is 0 Å². The summed E-state index contributed by atoms with van der Waals surface area (Å²) < 4.78 is 11.3. The van der Waals surface area contributed by atoms with E-state index in [0.29, 0.717) is 6.29 Å². The minimum atomic E-state index is -2.00. The van der Waals surface area contributed by atoms with Crippen LogP contribution in [0.3, 0.4) is 0 Å². The molecular formula is C15H31NO4Si. The van der Waals surface area contributed by atoms with E-state index >= 15 is 0 Å². The van der Waals surface area contributed by atoms with Gasteiger partial charge in [-0.1, -0.05) is 20.8 Å². The zero-order valence-corrected chi connectivity index (χ0v) is 15.9. The van der Waals surface area contributed by atoms with Crippen LogP contribution >= 0.6 is 0 Å². The van der Waals surface area contributed by atoms with Gasteiger partial charge in [0.2, 0.25) is 0 Å². The molecule has 0 saturated carbocycles. The predicted molar refractivity (Wildman–Crippen MR) is 87.0 cm³/mol. The van der Waals surface area contributed by atoms with E-state index in [1.807, 2.05) is 0 Å². The van der Waals surface area contributed by atoms with Gasteiger partial charge in [0.25, 0.3) is 0 Å². The predicted octanol–water partition coefficient (Wildman–Crippen LogP) is 3.49. The quantitative estimate of drug-likeness (QED) is 0.623. The first-order valence-electron chi connectivity index (χ1n) is 7.32. The summed E-state index contributed by atoms with van der Waals surface area (Å²) in [6.07, 6.45) is -0.303. The van der Waals surface area contributed by atoms with Crippen LogP contribution in [0.1, 0.15) is 48.5 Å². The summed E-state index contributed by atoms with van der Waals surface area (Å²) in [7, 11) is -2.00. The zero-order chi connectivity index (χ0) is 17.1. The third kappa shape index (κ3) is 7.08. The van der Waals surface area contributed by atoms with E-state index in [9.17, 15) is 9.59 Å². The summed E-state index contributed by atoms with van der Waals surface area (Å²) >= 11 is 0. The first-order chi connectivity index (χ1) is 9.19. The molecule has 0 spiro atoms. The largest absolute Gasteiger partial charge is 0.444 e. The molecule has 1 amide bonds. The van der Waals surface area contributed by atoms with Gasteiger partial charge in [-0.25, -0.2) is 4.79 Å². The summed E-state index contributed by atoms with van der Waals surface area (Å²) in [5, 5.41) is 2.61. The minimum Gasteiger partial charge on any atom is -0.444 e. The molecule has 0 aromatic rings. The van der Waals surface area contributed by atoms with Gasteiger partial charge in [-0.05, 0) is 45.8 Å². The Labute approximate surface area is 129 Å². The fraction of sp³-hybridized carbons (Fsp3) is 0.867. The number of aldehydes is 1. The molecule has 0 rings (SSSR count). The van der Waals surface area contributed by atoms with Crippen LogP contribution in [-0.2, 0) is 14.0 Å². The van der Waals surface area contributed by atoms with Crippen molar-refractivity contribution in [1.82, 2.24) is 5.32 Å². The second kappa shape index (κ2) is 6.92. The van der Waals surface area contributed by atoms with Gasteiger partial charge in [-0.3, -0.25) is 0 Å². The number of hydrogen-bond donors (Lipinski definition) is 1. The van der Waals surface area contributed by atoms with Gasteiger partial charge >= 0.3 is 6.09 Å². The standard InChI is InChI=1S/C15H31NO4Si/c1-11(20-21(8,9)15(5,6)7)12(10-17)16-13(18)19-14(2,3)4/h10-12H,1-9H3,(H,16,18)/t11-,12+/m1/s1. The molecule has 0 aromatic carbocycles. The van der Waals surface area contributed by atoms with E-state index in [1.165, 1.54) is 0 Å². The van der Waals surface area contributed by atoms with Crippen LogP contribution in [0.15, 0.2) is 0 Å². The van der Waals surface area contributed by atoms with Crippen LogP contribution in [0.2, 0.25) is 18.1 Å². The highest BCUT2D eigenvalue weighted by Crippen LogP contribution is 2.37. The molecule has 0 heterocycles. The number of rotatable bonds is 5. The maximum absolute atomic E-state index is 11.8. The molecule has 2 atom stereocenters. The molecule has 0 aromatic heterocycles. The molecule has 0 aliphatic carbocycles. The average Bonchev–Trinajstić information content (AvgIpc) is 2.20. The molecule has 1 N–H and O–H groups in total. The lowest BCUT2D eigenvalue weighted by Gasteiger charge is -2.39. The Balaban J connectivity index is 4.75. The summed E-state index contributed by atoms with van der Waals surface area (Å²) in [5.74, 6) is 0. The number of carbonyl (C=O) groups excluding carboxylic acids is 2. The molecule has 21 heavy (non-hydrogen) atoms. The Morgan fingerprint density at radius 2 is 1.62 bits per heavy atom. The molecule has 5 nitrogen and oxygen atoms in total. The Bertz CT molecular complexity index is 369. The smallest absolute Gasteiger partial charge is 0.408 e. The van der Waals surface area contributed by atoms with Gasteiger partial charge < -0.3 is 19.3 Å². The van der Waals surface area contributed by atoms with Crippen LogP contribution in [0.4, 0.5) is 4.79 Å². The lowest BCUT2D eigenvalue weighted by molar-refractivity contribution is -0.111. The molecule has 0 radical (unpaired) electrons. The van der Waals surface area contributed by atoms with Crippen LogP contribution in [0.5, 0.6) is 0 Å². The van der Waals surface area contributed by atoms with Crippen LogP contribution in [-0.4, -0.2) is 38.4 Å². The molecule has 6 heteroatoms. The van der Waals surface area contributed by atoms with Crippen molar-refractivity contribution in [3.05, 3.63) is 0 Å². The van der Waals surface area contributed by atoms with Gasteiger partial charge in [0.15, 0.2) is 8.32 Å². The number of amides is 1. The molecule has 0 fully saturated rings. The molecule has 124 valence electrons. The Kier molecular flexibility index (Phi) is 6.63. The average molecular weight is 318 g/mol. The topological polar surface area (TPSA) is 64.6 Å². The fourth-order valence-corrected chi connectivity index (χ4v) is 2.85. The first kappa shape index (κ1) is 20.1. The second-order valence-corrected chi connectivity index (χ2v) is 12.6. The Hall–Kier alpha value is -0.883. The Morgan fingerprint density at radius 3 is 1.95 bits per heavy atom. The van der Waals surface area contributed by atoms with Gasteiger partial charge in [0.05, 0.1) is 6.10 Å². The maximum Gasteiger partial charge on any atom is 0.408 e. The minimum absolute atomic E-state index is 0.0423. The van der Waals surface area contributed by atoms with E-state index in [1.54, 1.807) is 27.7 Å². The normalized spacial score (nSPS) is 16.0. The number of hydrogen-bond acceptors (Lipinski definition) is 4. The van der Waals surface area contributed by atoms with E-state index < -0.39 is 32.2 Å². The molecular weight excluding hydrogens is 286 g/mol. The summed E-state index contributed by atoms with van der Waals surface area (Å²) in [5.41, 5.74) is -0.596. The second-order valence-electron chi connectivity index (χ2n) is 7.89. The van der Waals surface area contributed by atoms with Crippen LogP contribution in [0, 0.1) is 0 Å². The molecule has 0 aliphatic heterocycles. The highest BCUT2D eigenvalue weighted by Gasteiger charge is 2.40. The maximum atomic E-state index is 11.8. The van der Waals surface area contributed by atoms with E-state index in [0.717, 1.165) is 0 Å². The molecule has 0 bridgehead atoms. The summed E-state index contributed by atoms with van der Waals surface area (Å²) in [6, 6.07) is -0.714. The molecule has 0 saturated heterocycles. The van der Waals surface area contributed by atoms with Crippen molar-refractivity contribution in [3.8, 4) is 0 Å². The van der Waals surface area contributed by atoms with E-state index in [4.69, 9.17) is 9.16 Å². The third-order valence-corrected chi connectivity index (χ3v) is 8.20. The molecule has 0 aliphatic rings. The van der Waals surface area contributed by atoms with Crippen molar-refractivity contribution in [3.63, 3.8) is 0 Å². The summed E-state index contributed by atoms with van der Waals surface area (Å²) in [4.78, 5) is 23.0. The molecule has 0 unspecified atom stereocenters. The number of carbonyl (C=O) groups is 2. The van der Waals surface area contributed by atoms with E-state index in [2.05, 4.69) is 39.2 Å². The highest BCUT2D eigenvalue weighted by molar-refractivity contribution is 6.74. The van der Waals surface area contributed by atoms with Crippen molar-refractivity contribution in [2.24, 2.45) is 0 Å². The van der Waals surface area contributed by atoms with Gasteiger partial charge in [-0.15, -0.1) is 0 Å². The third-order valence-electron chi connectivity index (χ3n) is 3.62. The zero-order valence-electron chi connectivity index (χ0n) is 14.9. The fourth-order valence-electron chi connectivity index (χ4n) is 1.42. The van der Waals surface area contributed by atoms with Crippen molar-refractivity contribution >= 4 is 20.7 Å². The lowest BCUT2D eigenvalue weighted by atomic mass is 10.2. The van der Waals surface area contributed by atoms with Crippen molar-refractivity contribution in [2.45, 2.75) is 84.3 Å². The van der Waals surface area contributed by atoms with Crippen molar-refractivity contribution < 1.29 is 18.8 Å². The van der Waals surface area contributed by atoms with Gasteiger partial charge in [0, 0.05) is 0 Å². The Morgan fingerprint density at radius 1 is 1.14 bits per heavy atom. The lowest BCUT2D eigenvalue weighted by Crippen LogP contribution is -2.52. The SMILES string of the molecule is C[C@@H](O[Si](C)(C)C(C)(C)C)[C@H](C=O)NC(=O)OC(C)(C)C. The number of ether oxygens (including phenoxy) is 1. The monoisotopic (exact) mass is 317 g/mol. The van der Waals surface area contributed by atoms with Crippen LogP contribution < -0.4 is 5.32 Å². The highest BCUT2D eigenvalue weighted by atomic mass is 28.4. The number of alkyl carbamates (subject to hydrolysis) is 1. The summed E-state index contributed by atoms with van der Waals surface area (Å²) in [6.45, 7) is 17.7. The van der Waals surface area contributed by atoms with Crippen molar-refractivity contribution in [1.29, 1.82) is 0 Å². The van der Waals surface area contributed by atoms with Crippen LogP contribution in [0.25, 0.3) is 0 Å². The van der Waals surface area contributed by atoms with E-state index in [-0.39, 0.29) is 5.04 Å². The number of nitrogens with one attached hydrogen (secondary N) is 1. The van der Waals surface area contributed by atoms with Gasteiger partial charge in [-0.2, -0.15) is 0 Å².